The molecule has 1 N–H and O–H groups in total. The van der Waals surface area contributed by atoms with E-state index >= 15 is 0 Å². The zero-order valence-corrected chi connectivity index (χ0v) is 11.5. The van der Waals surface area contributed by atoms with E-state index < -0.39 is 0 Å². The molecule has 1 aromatic carbocycles. The van der Waals surface area contributed by atoms with Gasteiger partial charge in [0.25, 0.3) is 0 Å². The van der Waals surface area contributed by atoms with Crippen molar-refractivity contribution in [1.82, 2.24) is 0 Å². The number of aryl methyl sites for hydroxylation is 2. The molecule has 0 aliphatic heterocycles. The predicted octanol–water partition coefficient (Wildman–Crippen LogP) is 4.21. The van der Waals surface area contributed by atoms with Gasteiger partial charge in [0, 0.05) is 12.1 Å². The Morgan fingerprint density at radius 2 is 1.89 bits per heavy atom. The van der Waals surface area contributed by atoms with Gasteiger partial charge in [0.05, 0.1) is 0 Å². The molecule has 98 valence electrons. The van der Waals surface area contributed by atoms with Crippen molar-refractivity contribution in [2.45, 2.75) is 52.4 Å². The summed E-state index contributed by atoms with van der Waals surface area (Å²) in [4.78, 5) is 12.0. The molecule has 1 saturated carbocycles. The van der Waals surface area contributed by atoms with E-state index in [-0.39, 0.29) is 5.91 Å². The molecule has 0 radical (unpaired) electrons. The van der Waals surface area contributed by atoms with Gasteiger partial charge in [-0.25, -0.2) is 0 Å². The van der Waals surface area contributed by atoms with Crippen molar-refractivity contribution in [1.29, 1.82) is 0 Å². The minimum Gasteiger partial charge on any atom is -0.326 e. The third-order valence-electron chi connectivity index (χ3n) is 3.99. The summed E-state index contributed by atoms with van der Waals surface area (Å²) >= 11 is 0. The zero-order chi connectivity index (χ0) is 13.0. The molecule has 1 aliphatic rings. The number of carbonyl (C=O) groups excluding carboxylic acids is 1. The van der Waals surface area contributed by atoms with Crippen LogP contribution in [0.5, 0.6) is 0 Å². The Hall–Kier alpha value is -1.31. The van der Waals surface area contributed by atoms with Crippen molar-refractivity contribution in [2.24, 2.45) is 5.92 Å². The van der Waals surface area contributed by atoms with Gasteiger partial charge in [-0.15, -0.1) is 0 Å². The van der Waals surface area contributed by atoms with E-state index in [1.807, 2.05) is 12.1 Å². The average Bonchev–Trinajstić information content (AvgIpc) is 2.35. The monoisotopic (exact) mass is 245 g/mol. The van der Waals surface area contributed by atoms with Crippen molar-refractivity contribution in [3.8, 4) is 0 Å². The molecule has 0 spiro atoms. The third kappa shape index (κ3) is 3.59. The first-order valence-corrected chi connectivity index (χ1v) is 7.02. The van der Waals surface area contributed by atoms with Gasteiger partial charge >= 0.3 is 0 Å². The Morgan fingerprint density at radius 1 is 1.17 bits per heavy atom. The molecular weight excluding hydrogens is 222 g/mol. The second-order valence-corrected chi connectivity index (χ2v) is 5.56. The van der Waals surface area contributed by atoms with E-state index in [1.54, 1.807) is 0 Å². The topological polar surface area (TPSA) is 29.1 Å². The molecule has 1 amide bonds. The molecule has 0 aromatic heterocycles. The van der Waals surface area contributed by atoms with Crippen LogP contribution in [-0.2, 0) is 4.79 Å². The lowest BCUT2D eigenvalue weighted by Crippen LogP contribution is -2.18. The van der Waals surface area contributed by atoms with Gasteiger partial charge in [-0.1, -0.05) is 25.3 Å². The minimum atomic E-state index is 0.171. The second-order valence-electron chi connectivity index (χ2n) is 5.56. The molecule has 0 unspecified atom stereocenters. The first-order valence-electron chi connectivity index (χ1n) is 7.02. The van der Waals surface area contributed by atoms with Gasteiger partial charge in [0.15, 0.2) is 0 Å². The number of hydrogen-bond donors (Lipinski definition) is 1. The Kier molecular flexibility index (Phi) is 4.40. The maximum absolute atomic E-state index is 12.0. The maximum Gasteiger partial charge on any atom is 0.224 e. The van der Waals surface area contributed by atoms with E-state index in [2.05, 4.69) is 25.2 Å². The Morgan fingerprint density at radius 3 is 2.56 bits per heavy atom. The number of benzene rings is 1. The lowest BCUT2D eigenvalue weighted by molar-refractivity contribution is -0.117. The summed E-state index contributed by atoms with van der Waals surface area (Å²) in [7, 11) is 0. The van der Waals surface area contributed by atoms with Gasteiger partial charge in [-0.3, -0.25) is 4.79 Å². The number of rotatable bonds is 3. The van der Waals surface area contributed by atoms with Crippen LogP contribution >= 0.6 is 0 Å². The van der Waals surface area contributed by atoms with Gasteiger partial charge in [-0.05, 0) is 55.9 Å². The van der Waals surface area contributed by atoms with Crippen LogP contribution in [0.3, 0.4) is 0 Å². The molecule has 2 heteroatoms. The average molecular weight is 245 g/mol. The molecule has 18 heavy (non-hydrogen) atoms. The number of nitrogens with one attached hydrogen (secondary N) is 1. The normalized spacial score (nSPS) is 16.6. The number of carbonyl (C=O) groups is 1. The lowest BCUT2D eigenvalue weighted by atomic mass is 9.87. The number of anilines is 1. The first kappa shape index (κ1) is 13.1. The van der Waals surface area contributed by atoms with Crippen LogP contribution in [0.2, 0.25) is 0 Å². The number of hydrogen-bond acceptors (Lipinski definition) is 1. The third-order valence-corrected chi connectivity index (χ3v) is 3.99. The fraction of sp³-hybridized carbons (Fsp3) is 0.562. The van der Waals surface area contributed by atoms with E-state index in [1.165, 1.54) is 43.2 Å². The highest BCUT2D eigenvalue weighted by Gasteiger charge is 2.16. The zero-order valence-electron chi connectivity index (χ0n) is 11.5. The van der Waals surface area contributed by atoms with Crippen molar-refractivity contribution >= 4 is 11.6 Å². The van der Waals surface area contributed by atoms with Crippen LogP contribution < -0.4 is 5.32 Å². The molecule has 1 fully saturated rings. The van der Waals surface area contributed by atoms with Crippen LogP contribution in [0, 0.1) is 19.8 Å². The largest absolute Gasteiger partial charge is 0.326 e. The van der Waals surface area contributed by atoms with Gasteiger partial charge in [0.2, 0.25) is 5.91 Å². The van der Waals surface area contributed by atoms with Crippen molar-refractivity contribution in [3.05, 3.63) is 29.3 Å². The molecule has 1 aliphatic carbocycles. The van der Waals surface area contributed by atoms with Gasteiger partial charge < -0.3 is 5.32 Å². The van der Waals surface area contributed by atoms with Crippen LogP contribution in [0.4, 0.5) is 5.69 Å². The van der Waals surface area contributed by atoms with Crippen molar-refractivity contribution in [2.75, 3.05) is 5.32 Å². The van der Waals surface area contributed by atoms with Gasteiger partial charge in [0.1, 0.15) is 0 Å². The quantitative estimate of drug-likeness (QED) is 0.849. The molecule has 1 aromatic rings. The summed E-state index contributed by atoms with van der Waals surface area (Å²) in [5.41, 5.74) is 3.42. The maximum atomic E-state index is 12.0. The van der Waals surface area contributed by atoms with Crippen molar-refractivity contribution < 1.29 is 4.79 Å². The summed E-state index contributed by atoms with van der Waals surface area (Å²) in [5.74, 6) is 0.774. The second kappa shape index (κ2) is 6.03. The Balaban J connectivity index is 1.88. The van der Waals surface area contributed by atoms with Crippen LogP contribution in [-0.4, -0.2) is 5.91 Å². The van der Waals surface area contributed by atoms with Gasteiger partial charge in [-0.2, -0.15) is 0 Å². The SMILES string of the molecule is Cc1ccc(NC(=O)CC2CCCCC2)cc1C. The number of amides is 1. The standard InChI is InChI=1S/C16H23NO/c1-12-8-9-15(10-13(12)2)17-16(18)11-14-6-4-3-5-7-14/h8-10,14H,3-7,11H2,1-2H3,(H,17,18). The summed E-state index contributed by atoms with van der Waals surface area (Å²) in [5, 5.41) is 3.02. The van der Waals surface area contributed by atoms with Crippen LogP contribution in [0.15, 0.2) is 18.2 Å². The fourth-order valence-corrected chi connectivity index (χ4v) is 2.68. The Bertz CT molecular complexity index is 419. The molecule has 0 atom stereocenters. The van der Waals surface area contributed by atoms with E-state index in [9.17, 15) is 4.79 Å². The highest BCUT2D eigenvalue weighted by Crippen LogP contribution is 2.26. The summed E-state index contributed by atoms with van der Waals surface area (Å²) in [6, 6.07) is 6.10. The van der Waals surface area contributed by atoms with E-state index in [0.29, 0.717) is 12.3 Å². The molecule has 0 saturated heterocycles. The highest BCUT2D eigenvalue weighted by molar-refractivity contribution is 5.90. The molecule has 2 rings (SSSR count). The predicted molar refractivity (Wildman–Crippen MR) is 75.7 cm³/mol. The highest BCUT2D eigenvalue weighted by atomic mass is 16.1. The van der Waals surface area contributed by atoms with E-state index in [0.717, 1.165) is 5.69 Å². The lowest BCUT2D eigenvalue weighted by Gasteiger charge is -2.20. The smallest absolute Gasteiger partial charge is 0.224 e. The molecule has 2 nitrogen and oxygen atoms in total. The first-order chi connectivity index (χ1) is 8.65. The van der Waals surface area contributed by atoms with Crippen LogP contribution in [0.1, 0.15) is 49.7 Å². The fourth-order valence-electron chi connectivity index (χ4n) is 2.68. The molecule has 0 heterocycles. The van der Waals surface area contributed by atoms with E-state index in [4.69, 9.17) is 0 Å². The Labute approximate surface area is 110 Å². The minimum absolute atomic E-state index is 0.171. The summed E-state index contributed by atoms with van der Waals surface area (Å²) in [6.45, 7) is 4.16. The molecular formula is C16H23NO. The van der Waals surface area contributed by atoms with Crippen molar-refractivity contribution in [3.63, 3.8) is 0 Å². The summed E-state index contributed by atoms with van der Waals surface area (Å²) < 4.78 is 0. The molecule has 0 bridgehead atoms. The van der Waals surface area contributed by atoms with Crippen LogP contribution in [0.25, 0.3) is 0 Å². The summed E-state index contributed by atoms with van der Waals surface area (Å²) in [6.07, 6.45) is 7.06.